The summed E-state index contributed by atoms with van der Waals surface area (Å²) < 4.78 is 0. The zero-order valence-corrected chi connectivity index (χ0v) is 15.2. The summed E-state index contributed by atoms with van der Waals surface area (Å²) in [7, 11) is 0. The third kappa shape index (κ3) is 6.87. The Bertz CT molecular complexity index is 592. The first-order chi connectivity index (χ1) is 11.4. The molecule has 0 heterocycles. The van der Waals surface area contributed by atoms with Crippen LogP contribution in [0, 0.1) is 11.8 Å². The van der Waals surface area contributed by atoms with Gasteiger partial charge in [0.25, 0.3) is 5.91 Å². The fourth-order valence-electron chi connectivity index (χ4n) is 2.15. The molecule has 0 aromatic heterocycles. The van der Waals surface area contributed by atoms with Gasteiger partial charge in [0.15, 0.2) is 0 Å². The third-order valence-electron chi connectivity index (χ3n) is 3.47. The van der Waals surface area contributed by atoms with E-state index in [1.165, 1.54) is 17.9 Å². The molecule has 1 N–H and O–H groups in total. The monoisotopic (exact) mass is 328 g/mol. The van der Waals surface area contributed by atoms with Crippen LogP contribution in [0.5, 0.6) is 0 Å². The number of hydrazine groups is 1. The second-order valence-corrected chi connectivity index (χ2v) is 6.73. The van der Waals surface area contributed by atoms with Crippen LogP contribution in [-0.2, 0) is 4.79 Å². The normalized spacial score (nSPS) is 10.5. The van der Waals surface area contributed by atoms with E-state index in [2.05, 4.69) is 24.2 Å². The van der Waals surface area contributed by atoms with Gasteiger partial charge < -0.3 is 0 Å². The average Bonchev–Trinajstić information content (AvgIpc) is 2.55. The highest BCUT2D eigenvalue weighted by molar-refractivity contribution is 5.99. The van der Waals surface area contributed by atoms with Gasteiger partial charge in [-0.25, -0.2) is 5.01 Å². The summed E-state index contributed by atoms with van der Waals surface area (Å²) in [6.45, 7) is 7.76. The second-order valence-electron chi connectivity index (χ2n) is 6.73. The number of nitrogens with one attached hydrogen (secondary N) is 1. The van der Waals surface area contributed by atoms with E-state index in [9.17, 15) is 9.59 Å². The molecule has 1 aromatic carbocycles. The van der Waals surface area contributed by atoms with Crippen molar-refractivity contribution in [2.24, 2.45) is 0 Å². The molecule has 0 saturated carbocycles. The van der Waals surface area contributed by atoms with E-state index < -0.39 is 11.4 Å². The van der Waals surface area contributed by atoms with Crippen molar-refractivity contribution in [2.75, 3.05) is 0 Å². The third-order valence-corrected chi connectivity index (χ3v) is 3.47. The van der Waals surface area contributed by atoms with Gasteiger partial charge in [-0.2, -0.15) is 0 Å². The molecule has 0 aliphatic carbocycles. The molecular weight excluding hydrogens is 300 g/mol. The van der Waals surface area contributed by atoms with Gasteiger partial charge in [0, 0.05) is 12.0 Å². The lowest BCUT2D eigenvalue weighted by molar-refractivity contribution is -0.121. The zero-order valence-electron chi connectivity index (χ0n) is 15.2. The summed E-state index contributed by atoms with van der Waals surface area (Å²) in [6, 6.07) is 8.90. The lowest BCUT2D eigenvalue weighted by Crippen LogP contribution is -2.55. The minimum atomic E-state index is -0.550. The predicted octanol–water partition coefficient (Wildman–Crippen LogP) is 3.93. The van der Waals surface area contributed by atoms with Crippen molar-refractivity contribution in [3.05, 3.63) is 35.9 Å². The summed E-state index contributed by atoms with van der Waals surface area (Å²) >= 11 is 0. The van der Waals surface area contributed by atoms with Crippen molar-refractivity contribution >= 4 is 11.8 Å². The van der Waals surface area contributed by atoms with Crippen LogP contribution in [0.4, 0.5) is 0 Å². The van der Waals surface area contributed by atoms with Gasteiger partial charge in [0.05, 0.1) is 5.54 Å². The molecule has 24 heavy (non-hydrogen) atoms. The first kappa shape index (κ1) is 19.8. The summed E-state index contributed by atoms with van der Waals surface area (Å²) in [6.07, 6.45) is 5.20. The van der Waals surface area contributed by atoms with Crippen molar-refractivity contribution in [3.8, 4) is 11.8 Å². The predicted molar refractivity (Wildman–Crippen MR) is 97.0 cm³/mol. The Hall–Kier alpha value is -2.28. The maximum absolute atomic E-state index is 12.6. The Morgan fingerprint density at radius 3 is 2.33 bits per heavy atom. The summed E-state index contributed by atoms with van der Waals surface area (Å²) in [5.74, 6) is 4.75. The maximum Gasteiger partial charge on any atom is 0.314 e. The molecule has 0 saturated heterocycles. The van der Waals surface area contributed by atoms with E-state index in [0.29, 0.717) is 12.0 Å². The summed E-state index contributed by atoms with van der Waals surface area (Å²) in [5, 5.41) is 1.34. The number of carbonyl (C=O) groups excluding carboxylic acids is 2. The smallest absolute Gasteiger partial charge is 0.267 e. The van der Waals surface area contributed by atoms with Gasteiger partial charge >= 0.3 is 5.91 Å². The van der Waals surface area contributed by atoms with E-state index in [-0.39, 0.29) is 5.91 Å². The van der Waals surface area contributed by atoms with Crippen LogP contribution in [0.25, 0.3) is 0 Å². The Morgan fingerprint density at radius 1 is 1.08 bits per heavy atom. The fraction of sp³-hybridized carbons (Fsp3) is 0.500. The lowest BCUT2D eigenvalue weighted by atomic mass is 10.1. The lowest BCUT2D eigenvalue weighted by Gasteiger charge is -2.34. The quantitative estimate of drug-likeness (QED) is 0.506. The van der Waals surface area contributed by atoms with Gasteiger partial charge in [-0.1, -0.05) is 50.3 Å². The van der Waals surface area contributed by atoms with Crippen molar-refractivity contribution in [2.45, 2.75) is 65.3 Å². The minimum absolute atomic E-state index is 0.249. The standard InChI is InChI=1S/C20H28N2O2/c1-5-6-7-8-9-13-16-18(23)21-22(20(2,3)4)19(24)17-14-11-10-12-15-17/h10-12,14-15H,5-9H2,1-4H3,(H,21,23). The number of unbranched alkanes of at least 4 members (excludes halogenated alkanes) is 4. The van der Waals surface area contributed by atoms with Crippen molar-refractivity contribution in [3.63, 3.8) is 0 Å². The molecule has 0 fully saturated rings. The van der Waals surface area contributed by atoms with E-state index in [1.807, 2.05) is 26.8 Å². The van der Waals surface area contributed by atoms with Crippen LogP contribution in [-0.4, -0.2) is 22.4 Å². The van der Waals surface area contributed by atoms with E-state index in [1.54, 1.807) is 24.3 Å². The molecular formula is C20H28N2O2. The van der Waals surface area contributed by atoms with E-state index in [4.69, 9.17) is 0 Å². The number of benzene rings is 1. The summed E-state index contributed by atoms with van der Waals surface area (Å²) in [4.78, 5) is 24.7. The van der Waals surface area contributed by atoms with E-state index >= 15 is 0 Å². The number of carbonyl (C=O) groups is 2. The van der Waals surface area contributed by atoms with Crippen LogP contribution in [0.15, 0.2) is 30.3 Å². The highest BCUT2D eigenvalue weighted by atomic mass is 16.2. The molecule has 0 atom stereocenters. The Kier molecular flexibility index (Phi) is 8.05. The maximum atomic E-state index is 12.6. The van der Waals surface area contributed by atoms with Crippen LogP contribution >= 0.6 is 0 Å². The molecule has 0 spiro atoms. The molecule has 4 heteroatoms. The number of amides is 2. The Balaban J connectivity index is 2.69. The molecule has 4 nitrogen and oxygen atoms in total. The topological polar surface area (TPSA) is 49.4 Å². The molecule has 0 bridgehead atoms. The molecule has 130 valence electrons. The molecule has 1 aromatic rings. The molecule has 0 radical (unpaired) electrons. The zero-order chi connectivity index (χ0) is 18.0. The van der Waals surface area contributed by atoms with Crippen molar-refractivity contribution < 1.29 is 9.59 Å². The van der Waals surface area contributed by atoms with Crippen molar-refractivity contribution in [1.82, 2.24) is 10.4 Å². The number of rotatable bonds is 5. The largest absolute Gasteiger partial charge is 0.314 e. The molecule has 2 amide bonds. The van der Waals surface area contributed by atoms with Gasteiger partial charge in [-0.15, -0.1) is 0 Å². The Morgan fingerprint density at radius 2 is 1.75 bits per heavy atom. The number of nitrogens with zero attached hydrogens (tertiary/aromatic N) is 1. The van der Waals surface area contributed by atoms with Gasteiger partial charge in [0.1, 0.15) is 0 Å². The first-order valence-corrected chi connectivity index (χ1v) is 8.55. The highest BCUT2D eigenvalue weighted by Gasteiger charge is 2.28. The molecule has 0 aliphatic rings. The van der Waals surface area contributed by atoms with E-state index in [0.717, 1.165) is 12.8 Å². The highest BCUT2D eigenvalue weighted by Crippen LogP contribution is 2.14. The number of hydrogen-bond acceptors (Lipinski definition) is 2. The number of hydrogen-bond donors (Lipinski definition) is 1. The van der Waals surface area contributed by atoms with Crippen LogP contribution in [0.3, 0.4) is 0 Å². The fourth-order valence-corrected chi connectivity index (χ4v) is 2.15. The van der Waals surface area contributed by atoms with Crippen LogP contribution < -0.4 is 5.43 Å². The molecule has 1 rings (SSSR count). The summed E-state index contributed by atoms with van der Waals surface area (Å²) in [5.41, 5.74) is 2.61. The van der Waals surface area contributed by atoms with Gasteiger partial charge in [0.2, 0.25) is 0 Å². The SMILES string of the molecule is CCCCCCC#CC(=O)NN(C(=O)c1ccccc1)C(C)(C)C. The van der Waals surface area contributed by atoms with Crippen LogP contribution in [0.1, 0.15) is 70.2 Å². The van der Waals surface area contributed by atoms with Crippen LogP contribution in [0.2, 0.25) is 0 Å². The molecule has 0 unspecified atom stereocenters. The second kappa shape index (κ2) is 9.77. The Labute approximate surface area is 145 Å². The average molecular weight is 328 g/mol. The van der Waals surface area contributed by atoms with Gasteiger partial charge in [-0.05, 0) is 45.2 Å². The first-order valence-electron chi connectivity index (χ1n) is 8.55. The minimum Gasteiger partial charge on any atom is -0.267 e. The molecule has 0 aliphatic heterocycles. The van der Waals surface area contributed by atoms with Crippen molar-refractivity contribution in [1.29, 1.82) is 0 Å². The van der Waals surface area contributed by atoms with Gasteiger partial charge in [-0.3, -0.25) is 15.0 Å².